The van der Waals surface area contributed by atoms with Crippen molar-refractivity contribution < 1.29 is 8.42 Å². The van der Waals surface area contributed by atoms with Crippen LogP contribution < -0.4 is 0 Å². The minimum atomic E-state index is -3.68. The van der Waals surface area contributed by atoms with Gasteiger partial charge in [-0.3, -0.25) is 4.57 Å². The van der Waals surface area contributed by atoms with Gasteiger partial charge < -0.3 is 0 Å². The van der Waals surface area contributed by atoms with Gasteiger partial charge in [-0.15, -0.1) is 0 Å². The minimum absolute atomic E-state index is 0.310. The number of hydrogen-bond acceptors (Lipinski definition) is 3. The fourth-order valence-corrected chi connectivity index (χ4v) is 7.57. The molecule has 0 saturated heterocycles. The van der Waals surface area contributed by atoms with Gasteiger partial charge in [0.2, 0.25) is 9.84 Å². The Morgan fingerprint density at radius 1 is 0.564 bits per heavy atom. The first-order chi connectivity index (χ1) is 19.0. The van der Waals surface area contributed by atoms with E-state index in [4.69, 9.17) is 0 Å². The van der Waals surface area contributed by atoms with E-state index in [9.17, 15) is 8.42 Å². The fraction of sp³-hybridized carbons (Fsp3) is 0.0294. The molecule has 0 N–H and O–H groups in total. The van der Waals surface area contributed by atoms with Gasteiger partial charge in [0.05, 0.1) is 26.5 Å². The van der Waals surface area contributed by atoms with E-state index in [0.29, 0.717) is 26.5 Å². The van der Waals surface area contributed by atoms with Crippen molar-refractivity contribution in [3.05, 3.63) is 121 Å². The van der Waals surface area contributed by atoms with Gasteiger partial charge in [-0.2, -0.15) is 0 Å². The molecule has 186 valence electrons. The monoisotopic (exact) mass is 522 g/mol. The van der Waals surface area contributed by atoms with Crippen LogP contribution in [0, 0.1) is 6.92 Å². The molecule has 1 aliphatic heterocycles. The second kappa shape index (κ2) is 7.88. The zero-order valence-corrected chi connectivity index (χ0v) is 21.9. The summed E-state index contributed by atoms with van der Waals surface area (Å²) in [5, 5.41) is 4.70. The average Bonchev–Trinajstić information content (AvgIpc) is 3.31. The summed E-state index contributed by atoms with van der Waals surface area (Å²) in [5.74, 6) is 0.772. The van der Waals surface area contributed by atoms with E-state index in [1.54, 1.807) is 18.2 Å². The van der Waals surface area contributed by atoms with Crippen LogP contribution in [0.4, 0.5) is 0 Å². The average molecular weight is 523 g/mol. The van der Waals surface area contributed by atoms with Crippen molar-refractivity contribution in [3.8, 4) is 27.9 Å². The molecule has 4 nitrogen and oxygen atoms in total. The molecular formula is C34H22N2O2S. The Hall–Kier alpha value is -4.74. The lowest BCUT2D eigenvalue weighted by Crippen LogP contribution is -2.15. The number of aromatic nitrogens is 2. The molecule has 0 radical (unpaired) electrons. The molecule has 6 aromatic carbocycles. The van der Waals surface area contributed by atoms with Gasteiger partial charge in [0, 0.05) is 0 Å². The number of para-hydroxylation sites is 1. The standard InChI is InChI=1S/C34H22N2O2S/c1-21-35-30-7-4-8-32-34(30)36(21)31-16-15-29(20-33(31)39(32,37)38)28-14-13-26-18-25(11-12-27(26)19-28)24-10-9-22-5-2-3-6-23(22)17-24/h2-20H,1H3. The molecule has 0 spiro atoms. The Morgan fingerprint density at radius 2 is 1.13 bits per heavy atom. The maximum absolute atomic E-state index is 13.7. The third-order valence-corrected chi connectivity index (χ3v) is 9.66. The second-order valence-corrected chi connectivity index (χ2v) is 12.0. The summed E-state index contributed by atoms with van der Waals surface area (Å²) in [6, 6.07) is 38.8. The molecule has 1 aliphatic rings. The Bertz CT molecular complexity index is 2260. The molecule has 0 unspecified atom stereocenters. The van der Waals surface area contributed by atoms with Gasteiger partial charge >= 0.3 is 0 Å². The molecule has 0 atom stereocenters. The number of rotatable bonds is 2. The van der Waals surface area contributed by atoms with Crippen molar-refractivity contribution in [1.82, 2.24) is 9.55 Å². The van der Waals surface area contributed by atoms with Gasteiger partial charge in [-0.05, 0) is 93.2 Å². The van der Waals surface area contributed by atoms with Crippen LogP contribution in [0.15, 0.2) is 125 Å². The van der Waals surface area contributed by atoms with Crippen molar-refractivity contribution >= 4 is 42.4 Å². The van der Waals surface area contributed by atoms with Crippen LogP contribution in [0.3, 0.4) is 0 Å². The Morgan fingerprint density at radius 3 is 1.82 bits per heavy atom. The first kappa shape index (κ1) is 22.3. The van der Waals surface area contributed by atoms with E-state index in [1.165, 1.54) is 21.9 Å². The molecule has 0 saturated carbocycles. The van der Waals surface area contributed by atoms with Crippen molar-refractivity contribution in [1.29, 1.82) is 0 Å². The van der Waals surface area contributed by atoms with E-state index < -0.39 is 9.84 Å². The van der Waals surface area contributed by atoms with Crippen LogP contribution in [-0.2, 0) is 9.84 Å². The molecule has 2 heterocycles. The lowest BCUT2D eigenvalue weighted by molar-refractivity contribution is 0.594. The predicted octanol–water partition coefficient (Wildman–Crippen LogP) is 8.12. The van der Waals surface area contributed by atoms with E-state index in [2.05, 4.69) is 83.8 Å². The number of benzene rings is 6. The number of aryl methyl sites for hydroxylation is 1. The largest absolute Gasteiger partial charge is 0.294 e. The van der Waals surface area contributed by atoms with Crippen molar-refractivity contribution in [2.75, 3.05) is 0 Å². The van der Waals surface area contributed by atoms with Crippen LogP contribution in [0.5, 0.6) is 0 Å². The van der Waals surface area contributed by atoms with Crippen molar-refractivity contribution in [2.24, 2.45) is 0 Å². The third-order valence-electron chi connectivity index (χ3n) is 7.84. The smallest absolute Gasteiger partial charge is 0.210 e. The molecule has 0 bridgehead atoms. The summed E-state index contributed by atoms with van der Waals surface area (Å²) in [6.07, 6.45) is 0. The third kappa shape index (κ3) is 3.23. The maximum atomic E-state index is 13.7. The zero-order valence-electron chi connectivity index (χ0n) is 21.1. The SMILES string of the molecule is Cc1nc2cccc3c2n1-c1ccc(-c2ccc4cc(-c5ccc6ccccc6c5)ccc4c2)cc1S3(=O)=O. The fourth-order valence-electron chi connectivity index (χ4n) is 5.91. The van der Waals surface area contributed by atoms with E-state index in [-0.39, 0.29) is 0 Å². The first-order valence-electron chi connectivity index (χ1n) is 12.9. The van der Waals surface area contributed by atoms with Crippen LogP contribution in [0.1, 0.15) is 5.82 Å². The Kier molecular flexibility index (Phi) is 4.50. The van der Waals surface area contributed by atoms with Gasteiger partial charge in [-0.25, -0.2) is 13.4 Å². The molecule has 1 aromatic heterocycles. The summed E-state index contributed by atoms with van der Waals surface area (Å²) in [7, 11) is -3.68. The topological polar surface area (TPSA) is 52.0 Å². The summed E-state index contributed by atoms with van der Waals surface area (Å²) in [6.45, 7) is 1.91. The number of sulfone groups is 1. The first-order valence-corrected chi connectivity index (χ1v) is 14.4. The zero-order chi connectivity index (χ0) is 26.3. The quantitative estimate of drug-likeness (QED) is 0.230. The van der Waals surface area contributed by atoms with Gasteiger partial charge in [0.15, 0.2) is 0 Å². The Labute approximate surface area is 225 Å². The molecule has 39 heavy (non-hydrogen) atoms. The number of hydrogen-bond donors (Lipinski definition) is 0. The normalized spacial score (nSPS) is 13.7. The van der Waals surface area contributed by atoms with Gasteiger partial charge in [-0.1, -0.05) is 72.8 Å². The highest BCUT2D eigenvalue weighted by Crippen LogP contribution is 2.41. The summed E-state index contributed by atoms with van der Waals surface area (Å²) < 4.78 is 29.4. The van der Waals surface area contributed by atoms with Gasteiger partial charge in [0.1, 0.15) is 5.82 Å². The van der Waals surface area contributed by atoms with E-state index in [1.807, 2.05) is 29.7 Å². The summed E-state index contributed by atoms with van der Waals surface area (Å²) >= 11 is 0. The molecule has 0 amide bonds. The van der Waals surface area contributed by atoms with E-state index in [0.717, 1.165) is 27.7 Å². The molecular weight excluding hydrogens is 500 g/mol. The predicted molar refractivity (Wildman–Crippen MR) is 157 cm³/mol. The van der Waals surface area contributed by atoms with Crippen molar-refractivity contribution in [3.63, 3.8) is 0 Å². The molecule has 8 rings (SSSR count). The lowest BCUT2D eigenvalue weighted by Gasteiger charge is -2.21. The highest BCUT2D eigenvalue weighted by atomic mass is 32.2. The maximum Gasteiger partial charge on any atom is 0.210 e. The van der Waals surface area contributed by atoms with E-state index >= 15 is 0 Å². The van der Waals surface area contributed by atoms with Crippen molar-refractivity contribution in [2.45, 2.75) is 16.7 Å². The second-order valence-electron chi connectivity index (χ2n) is 10.1. The summed E-state index contributed by atoms with van der Waals surface area (Å²) in [4.78, 5) is 5.23. The number of fused-ring (bicyclic) bond motifs is 4. The number of nitrogens with zero attached hydrogens (tertiary/aromatic N) is 2. The number of imidazole rings is 1. The van der Waals surface area contributed by atoms with Crippen LogP contribution in [-0.4, -0.2) is 18.0 Å². The Balaban J connectivity index is 1.23. The summed E-state index contributed by atoms with van der Waals surface area (Å²) in [5.41, 5.74) is 6.20. The van der Waals surface area contributed by atoms with Gasteiger partial charge in [0.25, 0.3) is 0 Å². The molecule has 5 heteroatoms. The molecule has 7 aromatic rings. The highest BCUT2D eigenvalue weighted by molar-refractivity contribution is 7.92. The van der Waals surface area contributed by atoms with Crippen LogP contribution in [0.25, 0.3) is 60.5 Å². The van der Waals surface area contributed by atoms with Crippen LogP contribution >= 0.6 is 0 Å². The minimum Gasteiger partial charge on any atom is -0.294 e. The highest BCUT2D eigenvalue weighted by Gasteiger charge is 2.32. The molecule has 0 aliphatic carbocycles. The van der Waals surface area contributed by atoms with Crippen LogP contribution in [0.2, 0.25) is 0 Å². The lowest BCUT2D eigenvalue weighted by atomic mass is 9.96. The molecule has 0 fully saturated rings.